The van der Waals surface area contributed by atoms with Crippen LogP contribution >= 0.6 is 0 Å². The fraction of sp³-hybridized carbons (Fsp3) is 0.0612. The minimum Gasteiger partial charge on any atom is -0.310 e. The first-order valence-corrected chi connectivity index (χ1v) is 17.4. The van der Waals surface area contributed by atoms with Crippen molar-refractivity contribution in [2.45, 2.75) is 19.3 Å². The zero-order valence-electron chi connectivity index (χ0n) is 28.3. The van der Waals surface area contributed by atoms with Gasteiger partial charge >= 0.3 is 0 Å². The van der Waals surface area contributed by atoms with Gasteiger partial charge in [0.1, 0.15) is 0 Å². The van der Waals surface area contributed by atoms with Gasteiger partial charge in [0.05, 0.1) is 5.69 Å². The summed E-state index contributed by atoms with van der Waals surface area (Å²) >= 11 is 0. The van der Waals surface area contributed by atoms with Gasteiger partial charge in [-0.3, -0.25) is 0 Å². The highest BCUT2D eigenvalue weighted by Crippen LogP contribution is 2.54. The van der Waals surface area contributed by atoms with Gasteiger partial charge < -0.3 is 4.90 Å². The molecule has 8 aromatic carbocycles. The Morgan fingerprint density at radius 2 is 0.920 bits per heavy atom. The predicted octanol–water partition coefficient (Wildman–Crippen LogP) is 13.6. The summed E-state index contributed by atoms with van der Waals surface area (Å²) in [7, 11) is 0. The monoisotopic (exact) mass is 639 g/mol. The van der Waals surface area contributed by atoms with Gasteiger partial charge in [-0.1, -0.05) is 172 Å². The predicted molar refractivity (Wildman–Crippen MR) is 213 cm³/mol. The molecule has 0 bridgehead atoms. The minimum absolute atomic E-state index is 0.0865. The fourth-order valence-corrected chi connectivity index (χ4v) is 8.00. The number of hydrogen-bond donors (Lipinski definition) is 0. The molecule has 0 heterocycles. The number of nitrogens with zero attached hydrogens (tertiary/aromatic N) is 1. The molecule has 0 aliphatic heterocycles. The Labute approximate surface area is 294 Å². The van der Waals surface area contributed by atoms with Gasteiger partial charge in [0.15, 0.2) is 0 Å². The second-order valence-corrected chi connectivity index (χ2v) is 13.7. The van der Waals surface area contributed by atoms with Crippen molar-refractivity contribution < 1.29 is 0 Å². The van der Waals surface area contributed by atoms with Crippen LogP contribution in [-0.2, 0) is 5.41 Å². The molecule has 1 aliphatic rings. The smallest absolute Gasteiger partial charge is 0.0543 e. The molecule has 0 radical (unpaired) electrons. The molecule has 238 valence electrons. The molecule has 1 aliphatic carbocycles. The Bertz CT molecular complexity index is 2470. The van der Waals surface area contributed by atoms with Crippen LogP contribution in [0.15, 0.2) is 188 Å². The first-order valence-electron chi connectivity index (χ1n) is 17.4. The molecule has 0 saturated carbocycles. The lowest BCUT2D eigenvalue weighted by Gasteiger charge is -2.29. The van der Waals surface area contributed by atoms with E-state index in [9.17, 15) is 0 Å². The lowest BCUT2D eigenvalue weighted by atomic mass is 9.82. The molecule has 0 unspecified atom stereocenters. The van der Waals surface area contributed by atoms with Crippen molar-refractivity contribution in [3.8, 4) is 44.5 Å². The molecule has 1 heteroatoms. The summed E-state index contributed by atoms with van der Waals surface area (Å²) in [4.78, 5) is 2.44. The lowest BCUT2D eigenvalue weighted by Crippen LogP contribution is -2.16. The van der Waals surface area contributed by atoms with E-state index in [1.807, 2.05) is 0 Å². The highest BCUT2D eigenvalue weighted by molar-refractivity contribution is 6.04. The van der Waals surface area contributed by atoms with Gasteiger partial charge in [0, 0.05) is 22.4 Å². The van der Waals surface area contributed by atoms with E-state index in [1.54, 1.807) is 0 Å². The standard InChI is InChI=1S/C49H37N/c1-49(2)44-21-12-11-20-43(44)48-45(49)22-13-23-46(48)50(39-29-24-35(25-30-39)34-14-5-3-6-15-34)40-31-26-38(27-32-40)47-41-19-10-9-18-37(41)28-33-42(47)36-16-7-4-8-17-36/h3-33H,1-2H3. The van der Waals surface area contributed by atoms with Gasteiger partial charge in [-0.15, -0.1) is 0 Å². The maximum atomic E-state index is 2.44. The lowest BCUT2D eigenvalue weighted by molar-refractivity contribution is 0.660. The summed E-state index contributed by atoms with van der Waals surface area (Å²) in [5, 5.41) is 2.50. The van der Waals surface area contributed by atoms with Crippen LogP contribution in [0.1, 0.15) is 25.0 Å². The average Bonchev–Trinajstić information content (AvgIpc) is 3.42. The van der Waals surface area contributed by atoms with Crippen molar-refractivity contribution in [3.05, 3.63) is 199 Å². The van der Waals surface area contributed by atoms with Crippen molar-refractivity contribution in [2.24, 2.45) is 0 Å². The van der Waals surface area contributed by atoms with Crippen molar-refractivity contribution in [2.75, 3.05) is 4.90 Å². The highest BCUT2D eigenvalue weighted by Gasteiger charge is 2.37. The van der Waals surface area contributed by atoms with Crippen LogP contribution in [-0.4, -0.2) is 0 Å². The van der Waals surface area contributed by atoms with Crippen LogP contribution < -0.4 is 4.90 Å². The second kappa shape index (κ2) is 12.1. The molecule has 0 spiro atoms. The quantitative estimate of drug-likeness (QED) is 0.175. The van der Waals surface area contributed by atoms with Gasteiger partial charge in [-0.25, -0.2) is 0 Å². The zero-order chi connectivity index (χ0) is 33.7. The summed E-state index contributed by atoms with van der Waals surface area (Å²) in [5.74, 6) is 0. The Hall–Kier alpha value is -6.18. The summed E-state index contributed by atoms with van der Waals surface area (Å²) in [6.45, 7) is 4.70. The summed E-state index contributed by atoms with van der Waals surface area (Å²) in [6, 6.07) is 68.5. The van der Waals surface area contributed by atoms with Crippen molar-refractivity contribution in [3.63, 3.8) is 0 Å². The Kier molecular flexibility index (Phi) is 7.21. The van der Waals surface area contributed by atoms with Crippen LogP contribution in [0, 0.1) is 0 Å². The van der Waals surface area contributed by atoms with Crippen molar-refractivity contribution >= 4 is 27.8 Å². The topological polar surface area (TPSA) is 3.24 Å². The third-order valence-electron chi connectivity index (χ3n) is 10.5. The molecular weight excluding hydrogens is 603 g/mol. The third-order valence-corrected chi connectivity index (χ3v) is 10.5. The first kappa shape index (κ1) is 29.9. The van der Waals surface area contributed by atoms with E-state index in [-0.39, 0.29) is 5.41 Å². The molecule has 0 amide bonds. The maximum Gasteiger partial charge on any atom is 0.0543 e. The highest BCUT2D eigenvalue weighted by atomic mass is 15.1. The van der Waals surface area contributed by atoms with Gasteiger partial charge in [-0.2, -0.15) is 0 Å². The molecule has 8 aromatic rings. The molecule has 0 N–H and O–H groups in total. The SMILES string of the molecule is CC1(C)c2ccccc2-c2c(N(c3ccc(-c4ccccc4)cc3)c3ccc(-c4c(-c5ccccc5)ccc5ccccc45)cc3)cccc21. The third kappa shape index (κ3) is 4.94. The van der Waals surface area contributed by atoms with Crippen LogP contribution in [0.3, 0.4) is 0 Å². The Morgan fingerprint density at radius 1 is 0.360 bits per heavy atom. The minimum atomic E-state index is -0.0865. The van der Waals surface area contributed by atoms with E-state index in [0.29, 0.717) is 0 Å². The van der Waals surface area contributed by atoms with E-state index in [0.717, 1.165) is 11.4 Å². The van der Waals surface area contributed by atoms with Gasteiger partial charge in [-0.05, 0) is 91.2 Å². The second-order valence-electron chi connectivity index (χ2n) is 13.7. The number of hydrogen-bond acceptors (Lipinski definition) is 1. The molecular formula is C49H37N. The normalized spacial score (nSPS) is 12.8. The first-order chi connectivity index (χ1) is 24.6. The van der Waals surface area contributed by atoms with Crippen molar-refractivity contribution in [1.29, 1.82) is 0 Å². The van der Waals surface area contributed by atoms with Crippen LogP contribution in [0.25, 0.3) is 55.3 Å². The van der Waals surface area contributed by atoms with Crippen molar-refractivity contribution in [1.82, 2.24) is 0 Å². The molecule has 0 saturated heterocycles. The zero-order valence-corrected chi connectivity index (χ0v) is 28.3. The maximum absolute atomic E-state index is 2.44. The number of anilines is 3. The molecule has 50 heavy (non-hydrogen) atoms. The summed E-state index contributed by atoms with van der Waals surface area (Å²) < 4.78 is 0. The van der Waals surface area contributed by atoms with E-state index in [2.05, 4.69) is 207 Å². The summed E-state index contributed by atoms with van der Waals surface area (Å²) in [5.41, 5.74) is 16.1. The van der Waals surface area contributed by atoms with Gasteiger partial charge in [0.25, 0.3) is 0 Å². The van der Waals surface area contributed by atoms with E-state index in [4.69, 9.17) is 0 Å². The van der Waals surface area contributed by atoms with E-state index in [1.165, 1.54) is 72.1 Å². The molecule has 1 nitrogen and oxygen atoms in total. The van der Waals surface area contributed by atoms with Crippen LogP contribution in [0.5, 0.6) is 0 Å². The number of fused-ring (bicyclic) bond motifs is 4. The average molecular weight is 640 g/mol. The summed E-state index contributed by atoms with van der Waals surface area (Å²) in [6.07, 6.45) is 0. The molecule has 0 atom stereocenters. The molecule has 9 rings (SSSR count). The van der Waals surface area contributed by atoms with E-state index >= 15 is 0 Å². The Morgan fingerprint density at radius 3 is 1.64 bits per heavy atom. The number of rotatable bonds is 6. The van der Waals surface area contributed by atoms with E-state index < -0.39 is 0 Å². The Balaban J connectivity index is 1.23. The largest absolute Gasteiger partial charge is 0.310 e. The van der Waals surface area contributed by atoms with Gasteiger partial charge in [0.2, 0.25) is 0 Å². The molecule has 0 fully saturated rings. The van der Waals surface area contributed by atoms with Crippen LogP contribution in [0.4, 0.5) is 17.1 Å². The fourth-order valence-electron chi connectivity index (χ4n) is 8.00. The molecule has 0 aromatic heterocycles. The number of benzene rings is 8. The van der Waals surface area contributed by atoms with Crippen LogP contribution in [0.2, 0.25) is 0 Å².